The number of anilines is 2. The van der Waals surface area contributed by atoms with E-state index in [-0.39, 0.29) is 5.91 Å². The maximum absolute atomic E-state index is 11.4. The second-order valence-electron chi connectivity index (χ2n) is 4.89. The van der Waals surface area contributed by atoms with Crippen molar-refractivity contribution < 1.29 is 4.79 Å². The van der Waals surface area contributed by atoms with Crippen LogP contribution in [0.25, 0.3) is 0 Å². The van der Waals surface area contributed by atoms with Gasteiger partial charge in [-0.1, -0.05) is 29.8 Å². The standard InChI is InChI=1S/C16H16N2OS/c1-11-3-2-4-12(7-11)9-17-13-5-6-15-14(8-13)18-16(19)10-20-15/h2-8,17H,9-10H2,1H3,(H,18,19). The van der Waals surface area contributed by atoms with Gasteiger partial charge in [-0.2, -0.15) is 0 Å². The van der Waals surface area contributed by atoms with Crippen LogP contribution in [0.1, 0.15) is 11.1 Å². The number of rotatable bonds is 3. The largest absolute Gasteiger partial charge is 0.381 e. The van der Waals surface area contributed by atoms with Crippen molar-refractivity contribution in [3.05, 3.63) is 53.6 Å². The molecule has 0 bridgehead atoms. The third-order valence-electron chi connectivity index (χ3n) is 3.19. The summed E-state index contributed by atoms with van der Waals surface area (Å²) in [6, 6.07) is 14.5. The molecule has 3 rings (SSSR count). The fourth-order valence-electron chi connectivity index (χ4n) is 2.22. The van der Waals surface area contributed by atoms with Crippen molar-refractivity contribution in [1.82, 2.24) is 0 Å². The lowest BCUT2D eigenvalue weighted by Gasteiger charge is -2.17. The highest BCUT2D eigenvalue weighted by Gasteiger charge is 2.15. The van der Waals surface area contributed by atoms with E-state index < -0.39 is 0 Å². The third-order valence-corrected chi connectivity index (χ3v) is 4.27. The molecule has 0 radical (unpaired) electrons. The van der Waals surface area contributed by atoms with Crippen LogP contribution >= 0.6 is 11.8 Å². The zero-order valence-electron chi connectivity index (χ0n) is 11.3. The van der Waals surface area contributed by atoms with E-state index in [4.69, 9.17) is 0 Å². The fraction of sp³-hybridized carbons (Fsp3) is 0.188. The van der Waals surface area contributed by atoms with Gasteiger partial charge in [0.05, 0.1) is 11.4 Å². The van der Waals surface area contributed by atoms with Gasteiger partial charge in [0.25, 0.3) is 0 Å². The topological polar surface area (TPSA) is 41.1 Å². The molecule has 0 aromatic heterocycles. The van der Waals surface area contributed by atoms with E-state index in [9.17, 15) is 4.79 Å². The molecule has 0 fully saturated rings. The third kappa shape index (κ3) is 2.96. The van der Waals surface area contributed by atoms with E-state index in [1.165, 1.54) is 11.1 Å². The fourth-order valence-corrected chi connectivity index (χ4v) is 3.01. The summed E-state index contributed by atoms with van der Waals surface area (Å²) >= 11 is 1.58. The Morgan fingerprint density at radius 3 is 3.00 bits per heavy atom. The number of amides is 1. The van der Waals surface area contributed by atoms with Crippen molar-refractivity contribution >= 4 is 29.0 Å². The van der Waals surface area contributed by atoms with E-state index in [0.717, 1.165) is 22.8 Å². The van der Waals surface area contributed by atoms with E-state index >= 15 is 0 Å². The zero-order valence-corrected chi connectivity index (χ0v) is 12.1. The number of fused-ring (bicyclic) bond motifs is 1. The zero-order chi connectivity index (χ0) is 13.9. The Morgan fingerprint density at radius 2 is 2.15 bits per heavy atom. The molecule has 1 aliphatic rings. The van der Waals surface area contributed by atoms with Crippen LogP contribution in [-0.2, 0) is 11.3 Å². The van der Waals surface area contributed by atoms with Crippen LogP contribution in [0.3, 0.4) is 0 Å². The predicted octanol–water partition coefficient (Wildman–Crippen LogP) is 3.65. The summed E-state index contributed by atoms with van der Waals surface area (Å²) in [5, 5.41) is 6.30. The average molecular weight is 284 g/mol. The minimum absolute atomic E-state index is 0.0679. The number of carbonyl (C=O) groups excluding carboxylic acids is 1. The van der Waals surface area contributed by atoms with Crippen molar-refractivity contribution in [1.29, 1.82) is 0 Å². The summed E-state index contributed by atoms with van der Waals surface area (Å²) in [5.74, 6) is 0.571. The van der Waals surface area contributed by atoms with E-state index in [2.05, 4.69) is 54.0 Å². The highest BCUT2D eigenvalue weighted by atomic mass is 32.2. The number of aryl methyl sites for hydroxylation is 1. The first-order valence-corrected chi connectivity index (χ1v) is 7.55. The maximum atomic E-state index is 11.4. The number of nitrogens with one attached hydrogen (secondary N) is 2. The first-order valence-electron chi connectivity index (χ1n) is 6.57. The average Bonchev–Trinajstić information content (AvgIpc) is 2.45. The Kier molecular flexibility index (Phi) is 3.65. The lowest BCUT2D eigenvalue weighted by Crippen LogP contribution is -2.18. The first kappa shape index (κ1) is 13.1. The summed E-state index contributed by atoms with van der Waals surface area (Å²) in [4.78, 5) is 12.5. The smallest absolute Gasteiger partial charge is 0.234 e. The Bertz CT molecular complexity index is 655. The molecule has 20 heavy (non-hydrogen) atoms. The van der Waals surface area contributed by atoms with Gasteiger partial charge in [-0.3, -0.25) is 4.79 Å². The molecule has 0 saturated heterocycles. The van der Waals surface area contributed by atoms with Crippen LogP contribution < -0.4 is 10.6 Å². The van der Waals surface area contributed by atoms with Gasteiger partial charge in [0, 0.05) is 17.1 Å². The predicted molar refractivity (Wildman–Crippen MR) is 84.3 cm³/mol. The molecule has 0 unspecified atom stereocenters. The van der Waals surface area contributed by atoms with E-state index in [0.29, 0.717) is 5.75 Å². The second kappa shape index (κ2) is 5.59. The molecule has 0 saturated carbocycles. The molecule has 2 aromatic rings. The monoisotopic (exact) mass is 284 g/mol. The van der Waals surface area contributed by atoms with E-state index in [1.54, 1.807) is 11.8 Å². The Labute approximate surface area is 122 Å². The maximum Gasteiger partial charge on any atom is 0.234 e. The number of thioether (sulfide) groups is 1. The molecule has 1 amide bonds. The van der Waals surface area contributed by atoms with Crippen molar-refractivity contribution in [2.75, 3.05) is 16.4 Å². The second-order valence-corrected chi connectivity index (χ2v) is 5.91. The molecule has 4 heteroatoms. The van der Waals surface area contributed by atoms with Gasteiger partial charge in [-0.05, 0) is 30.7 Å². The van der Waals surface area contributed by atoms with Crippen LogP contribution in [0.5, 0.6) is 0 Å². The van der Waals surface area contributed by atoms with E-state index in [1.807, 2.05) is 6.07 Å². The molecule has 0 spiro atoms. The minimum atomic E-state index is 0.0679. The molecule has 0 atom stereocenters. The summed E-state index contributed by atoms with van der Waals surface area (Å²) in [5.41, 5.74) is 4.44. The normalized spacial score (nSPS) is 13.6. The molecule has 2 N–H and O–H groups in total. The van der Waals surface area contributed by atoms with Crippen molar-refractivity contribution in [3.8, 4) is 0 Å². The van der Waals surface area contributed by atoms with Crippen LogP contribution in [-0.4, -0.2) is 11.7 Å². The quantitative estimate of drug-likeness (QED) is 0.904. The van der Waals surface area contributed by atoms with Crippen molar-refractivity contribution in [3.63, 3.8) is 0 Å². The van der Waals surface area contributed by atoms with Crippen LogP contribution in [0.4, 0.5) is 11.4 Å². The number of carbonyl (C=O) groups is 1. The van der Waals surface area contributed by atoms with Gasteiger partial charge in [-0.25, -0.2) is 0 Å². The van der Waals surface area contributed by atoms with Crippen LogP contribution in [0.15, 0.2) is 47.4 Å². The molecule has 1 aliphatic heterocycles. The minimum Gasteiger partial charge on any atom is -0.381 e. The van der Waals surface area contributed by atoms with Gasteiger partial charge in [0.15, 0.2) is 0 Å². The van der Waals surface area contributed by atoms with Gasteiger partial charge in [0.2, 0.25) is 5.91 Å². The lowest BCUT2D eigenvalue weighted by atomic mass is 10.1. The Hall–Kier alpha value is -1.94. The highest BCUT2D eigenvalue weighted by Crippen LogP contribution is 2.33. The van der Waals surface area contributed by atoms with Crippen LogP contribution in [0, 0.1) is 6.92 Å². The molecule has 2 aromatic carbocycles. The lowest BCUT2D eigenvalue weighted by molar-refractivity contribution is -0.113. The Morgan fingerprint density at radius 1 is 1.25 bits per heavy atom. The van der Waals surface area contributed by atoms with Gasteiger partial charge in [-0.15, -0.1) is 11.8 Å². The SMILES string of the molecule is Cc1cccc(CNc2ccc3c(c2)NC(=O)CS3)c1. The summed E-state index contributed by atoms with van der Waals surface area (Å²) in [7, 11) is 0. The number of benzene rings is 2. The molecule has 1 heterocycles. The number of hydrogen-bond acceptors (Lipinski definition) is 3. The molecular weight excluding hydrogens is 268 g/mol. The van der Waals surface area contributed by atoms with Crippen molar-refractivity contribution in [2.45, 2.75) is 18.4 Å². The van der Waals surface area contributed by atoms with Crippen molar-refractivity contribution in [2.24, 2.45) is 0 Å². The molecule has 0 aliphatic carbocycles. The molecular formula is C16H16N2OS. The van der Waals surface area contributed by atoms with Gasteiger partial charge < -0.3 is 10.6 Å². The molecule has 3 nitrogen and oxygen atoms in total. The van der Waals surface area contributed by atoms with Crippen LogP contribution in [0.2, 0.25) is 0 Å². The van der Waals surface area contributed by atoms with Gasteiger partial charge in [0.1, 0.15) is 0 Å². The van der Waals surface area contributed by atoms with Gasteiger partial charge >= 0.3 is 0 Å². The number of hydrogen-bond donors (Lipinski definition) is 2. The first-order chi connectivity index (χ1) is 9.70. The molecule has 102 valence electrons. The summed E-state index contributed by atoms with van der Waals surface area (Å²) < 4.78 is 0. The summed E-state index contributed by atoms with van der Waals surface area (Å²) in [6.07, 6.45) is 0. The highest BCUT2D eigenvalue weighted by molar-refractivity contribution is 8.00. The Balaban J connectivity index is 1.72. The summed E-state index contributed by atoms with van der Waals surface area (Å²) in [6.45, 7) is 2.87.